The van der Waals surface area contributed by atoms with Crippen molar-refractivity contribution < 1.29 is 17.9 Å². The summed E-state index contributed by atoms with van der Waals surface area (Å²) < 4.78 is 34.5. The van der Waals surface area contributed by atoms with Crippen LogP contribution in [0.15, 0.2) is 66.0 Å². The van der Waals surface area contributed by atoms with Crippen LogP contribution in [-0.4, -0.2) is 45.2 Å². The first-order valence-electron chi connectivity index (χ1n) is 11.9. The summed E-state index contributed by atoms with van der Waals surface area (Å²) in [6, 6.07) is 10.9. The van der Waals surface area contributed by atoms with E-state index in [2.05, 4.69) is 25.0 Å². The average Bonchev–Trinajstić information content (AvgIpc) is 3.71. The number of nitrogens with one attached hydrogen (secondary N) is 2. The highest BCUT2D eigenvalue weighted by atomic mass is 32.2. The number of hydrogen-bond acceptors (Lipinski definition) is 8. The van der Waals surface area contributed by atoms with Gasteiger partial charge in [-0.3, -0.25) is 19.3 Å². The SMILES string of the molecule is Cc1ccc(CNC(=O)c2cc3ccnc(OCC4(S(=O)(=O)Nc5cnccn5)CC4)c3n(C)c2=O)cc1. The molecule has 2 N–H and O–H groups in total. The number of benzene rings is 1. The van der Waals surface area contributed by atoms with Gasteiger partial charge in [-0.25, -0.2) is 18.4 Å². The Morgan fingerprint density at radius 2 is 1.87 bits per heavy atom. The number of nitrogens with zero attached hydrogens (tertiary/aromatic N) is 4. The second kappa shape index (κ2) is 9.86. The van der Waals surface area contributed by atoms with Crippen LogP contribution in [0.4, 0.5) is 5.82 Å². The molecule has 1 amide bonds. The van der Waals surface area contributed by atoms with E-state index in [-0.39, 0.29) is 30.4 Å². The van der Waals surface area contributed by atoms with E-state index in [9.17, 15) is 18.0 Å². The van der Waals surface area contributed by atoms with E-state index < -0.39 is 26.2 Å². The molecule has 1 aliphatic rings. The minimum Gasteiger partial charge on any atom is -0.474 e. The van der Waals surface area contributed by atoms with Crippen LogP contribution < -0.4 is 20.3 Å². The van der Waals surface area contributed by atoms with Gasteiger partial charge in [0.2, 0.25) is 15.9 Å². The number of ether oxygens (including phenoxy) is 1. The summed E-state index contributed by atoms with van der Waals surface area (Å²) in [4.78, 5) is 38.0. The molecular weight excluding hydrogens is 508 g/mol. The number of aromatic nitrogens is 4. The standard InChI is InChI=1S/C26H26N6O5S/c1-17-3-5-18(6-4-17)14-30-23(33)20-13-19-7-10-29-24(22(19)32(2)25(20)34)37-16-26(8-9-26)38(35,36)31-21-15-27-11-12-28-21/h3-7,10-13,15H,8-9,14,16H2,1-2H3,(H,28,31)(H,30,33). The maximum atomic E-state index is 13.1. The Labute approximate surface area is 219 Å². The lowest BCUT2D eigenvalue weighted by molar-refractivity contribution is 0.0949. The molecule has 196 valence electrons. The van der Waals surface area contributed by atoms with Crippen molar-refractivity contribution in [2.75, 3.05) is 11.3 Å². The second-order valence-corrected chi connectivity index (χ2v) is 11.4. The largest absolute Gasteiger partial charge is 0.474 e. The molecule has 12 heteroatoms. The second-order valence-electron chi connectivity index (χ2n) is 9.31. The summed E-state index contributed by atoms with van der Waals surface area (Å²) in [5.74, 6) is -0.266. The Hall–Kier alpha value is -4.32. The Morgan fingerprint density at radius 3 is 2.55 bits per heavy atom. The summed E-state index contributed by atoms with van der Waals surface area (Å²) in [5.41, 5.74) is 1.86. The molecule has 0 atom stereocenters. The van der Waals surface area contributed by atoms with Gasteiger partial charge in [0.05, 0.1) is 6.20 Å². The van der Waals surface area contributed by atoms with Gasteiger partial charge in [0.15, 0.2) is 5.82 Å². The van der Waals surface area contributed by atoms with E-state index in [1.165, 1.54) is 42.5 Å². The third kappa shape index (κ3) is 4.94. The normalized spacial score (nSPS) is 14.2. The predicted molar refractivity (Wildman–Crippen MR) is 141 cm³/mol. The molecule has 4 aromatic rings. The molecular formula is C26H26N6O5S. The predicted octanol–water partition coefficient (Wildman–Crippen LogP) is 2.32. The monoisotopic (exact) mass is 534 g/mol. The molecule has 1 aliphatic carbocycles. The maximum absolute atomic E-state index is 13.1. The number of pyridine rings is 2. The topological polar surface area (TPSA) is 145 Å². The first-order chi connectivity index (χ1) is 18.2. The molecule has 0 spiro atoms. The van der Waals surface area contributed by atoms with E-state index in [0.717, 1.165) is 11.1 Å². The van der Waals surface area contributed by atoms with Crippen molar-refractivity contribution >= 4 is 32.7 Å². The Kier molecular flexibility index (Phi) is 6.57. The van der Waals surface area contributed by atoms with Crippen LogP contribution in [0, 0.1) is 6.92 Å². The zero-order chi connectivity index (χ0) is 26.9. The van der Waals surface area contributed by atoms with E-state index >= 15 is 0 Å². The van der Waals surface area contributed by atoms with E-state index in [1.54, 1.807) is 6.07 Å². The van der Waals surface area contributed by atoms with E-state index in [1.807, 2.05) is 31.2 Å². The van der Waals surface area contributed by atoms with E-state index in [0.29, 0.717) is 23.7 Å². The fourth-order valence-corrected chi connectivity index (χ4v) is 5.53. The number of rotatable bonds is 9. The number of carbonyl (C=O) groups excluding carboxylic acids is 1. The van der Waals surface area contributed by atoms with Crippen molar-refractivity contribution in [2.24, 2.45) is 7.05 Å². The van der Waals surface area contributed by atoms with Crippen molar-refractivity contribution in [3.63, 3.8) is 0 Å². The highest BCUT2D eigenvalue weighted by Gasteiger charge is 2.56. The number of carbonyl (C=O) groups is 1. The third-order valence-corrected chi connectivity index (χ3v) is 8.71. The zero-order valence-corrected chi connectivity index (χ0v) is 21.7. The van der Waals surface area contributed by atoms with Crippen LogP contribution in [0.25, 0.3) is 10.9 Å². The summed E-state index contributed by atoms with van der Waals surface area (Å²) >= 11 is 0. The summed E-state index contributed by atoms with van der Waals surface area (Å²) in [7, 11) is -2.30. The fourth-order valence-electron chi connectivity index (χ4n) is 4.08. The Balaban J connectivity index is 1.36. The molecule has 0 aliphatic heterocycles. The number of fused-ring (bicyclic) bond motifs is 1. The fraction of sp³-hybridized carbons (Fsp3) is 0.269. The molecule has 38 heavy (non-hydrogen) atoms. The van der Waals surface area contributed by atoms with Gasteiger partial charge < -0.3 is 14.6 Å². The lowest BCUT2D eigenvalue weighted by atomic mass is 10.1. The quantitative estimate of drug-likeness (QED) is 0.333. The smallest absolute Gasteiger partial charge is 0.263 e. The molecule has 11 nitrogen and oxygen atoms in total. The first kappa shape index (κ1) is 25.3. The van der Waals surface area contributed by atoms with Gasteiger partial charge in [0.25, 0.3) is 11.5 Å². The number of amides is 1. The number of aryl methyl sites for hydroxylation is 2. The lowest BCUT2D eigenvalue weighted by Crippen LogP contribution is -2.36. The summed E-state index contributed by atoms with van der Waals surface area (Å²) in [5, 5.41) is 3.35. The van der Waals surface area contributed by atoms with Crippen molar-refractivity contribution in [3.05, 3.63) is 88.2 Å². The zero-order valence-electron chi connectivity index (χ0n) is 20.8. The van der Waals surface area contributed by atoms with Crippen molar-refractivity contribution in [1.29, 1.82) is 0 Å². The molecule has 1 fully saturated rings. The molecule has 0 saturated heterocycles. The van der Waals surface area contributed by atoms with Crippen LogP contribution in [-0.2, 0) is 23.6 Å². The van der Waals surface area contributed by atoms with Crippen LogP contribution >= 0.6 is 0 Å². The van der Waals surface area contributed by atoms with Gasteiger partial charge in [-0.1, -0.05) is 29.8 Å². The molecule has 5 rings (SSSR count). The maximum Gasteiger partial charge on any atom is 0.263 e. The molecule has 0 bridgehead atoms. The molecule has 3 aromatic heterocycles. The lowest BCUT2D eigenvalue weighted by Gasteiger charge is -2.19. The number of sulfonamides is 1. The molecule has 1 aromatic carbocycles. The highest BCUT2D eigenvalue weighted by molar-refractivity contribution is 7.94. The summed E-state index contributed by atoms with van der Waals surface area (Å²) in [6.45, 7) is 2.10. The number of anilines is 1. The average molecular weight is 535 g/mol. The summed E-state index contributed by atoms with van der Waals surface area (Å²) in [6.07, 6.45) is 6.46. The molecule has 0 unspecified atom stereocenters. The van der Waals surface area contributed by atoms with Gasteiger partial charge in [0, 0.05) is 37.6 Å². The van der Waals surface area contributed by atoms with Crippen molar-refractivity contribution in [3.8, 4) is 5.88 Å². The van der Waals surface area contributed by atoms with Crippen LogP contribution in [0.5, 0.6) is 5.88 Å². The van der Waals surface area contributed by atoms with Gasteiger partial charge in [-0.15, -0.1) is 0 Å². The van der Waals surface area contributed by atoms with E-state index in [4.69, 9.17) is 4.74 Å². The minimum absolute atomic E-state index is 0.0151. The Bertz CT molecular complexity index is 1670. The minimum atomic E-state index is -3.82. The molecule has 3 heterocycles. The van der Waals surface area contributed by atoms with Crippen molar-refractivity contribution in [2.45, 2.75) is 31.1 Å². The van der Waals surface area contributed by atoms with Gasteiger partial charge >= 0.3 is 0 Å². The third-order valence-electron chi connectivity index (χ3n) is 6.56. The molecule has 1 saturated carbocycles. The Morgan fingerprint density at radius 1 is 1.11 bits per heavy atom. The highest BCUT2D eigenvalue weighted by Crippen LogP contribution is 2.44. The van der Waals surface area contributed by atoms with Crippen molar-refractivity contribution in [1.82, 2.24) is 24.8 Å². The van der Waals surface area contributed by atoms with Gasteiger partial charge in [-0.2, -0.15) is 0 Å². The van der Waals surface area contributed by atoms with Crippen LogP contribution in [0.2, 0.25) is 0 Å². The molecule has 0 radical (unpaired) electrons. The van der Waals surface area contributed by atoms with Gasteiger partial charge in [-0.05, 0) is 37.5 Å². The van der Waals surface area contributed by atoms with Crippen LogP contribution in [0.1, 0.15) is 34.3 Å². The number of hydrogen-bond donors (Lipinski definition) is 2. The van der Waals surface area contributed by atoms with Gasteiger partial charge in [0.1, 0.15) is 22.4 Å². The first-order valence-corrected chi connectivity index (χ1v) is 13.4. The van der Waals surface area contributed by atoms with Crippen LogP contribution in [0.3, 0.4) is 0 Å².